The Bertz CT molecular complexity index is 347. The Labute approximate surface area is 112 Å². The van der Waals surface area contributed by atoms with Gasteiger partial charge in [0.25, 0.3) is 0 Å². The molecule has 0 saturated heterocycles. The highest BCUT2D eigenvalue weighted by atomic mass is 35.5. The van der Waals surface area contributed by atoms with Gasteiger partial charge in [0.15, 0.2) is 0 Å². The van der Waals surface area contributed by atoms with E-state index in [-0.39, 0.29) is 0 Å². The predicted molar refractivity (Wildman–Crippen MR) is 73.7 cm³/mol. The van der Waals surface area contributed by atoms with Crippen LogP contribution in [0.2, 0.25) is 4.34 Å². The Morgan fingerprint density at radius 3 is 2.71 bits per heavy atom. The van der Waals surface area contributed by atoms with Gasteiger partial charge in [0.2, 0.25) is 0 Å². The molecular formula is C12H20ClN3S. The van der Waals surface area contributed by atoms with Crippen LogP contribution in [0.25, 0.3) is 0 Å². The zero-order valence-electron chi connectivity index (χ0n) is 10.4. The van der Waals surface area contributed by atoms with E-state index in [0.29, 0.717) is 12.1 Å². The first-order valence-electron chi connectivity index (χ1n) is 6.16. The van der Waals surface area contributed by atoms with E-state index in [9.17, 15) is 0 Å². The van der Waals surface area contributed by atoms with Crippen LogP contribution in [0.4, 0.5) is 0 Å². The molecule has 3 nitrogen and oxygen atoms in total. The zero-order valence-corrected chi connectivity index (χ0v) is 12.0. The first-order valence-corrected chi connectivity index (χ1v) is 7.36. The van der Waals surface area contributed by atoms with Crippen molar-refractivity contribution in [3.05, 3.63) is 15.5 Å². The number of aromatic nitrogens is 1. The van der Waals surface area contributed by atoms with Gasteiger partial charge in [-0.2, -0.15) is 0 Å². The fourth-order valence-electron chi connectivity index (χ4n) is 2.51. The molecule has 1 aliphatic carbocycles. The van der Waals surface area contributed by atoms with Crippen molar-refractivity contribution in [3.8, 4) is 0 Å². The molecule has 1 aromatic heterocycles. The van der Waals surface area contributed by atoms with Gasteiger partial charge < -0.3 is 5.32 Å². The Balaban J connectivity index is 1.82. The van der Waals surface area contributed by atoms with Gasteiger partial charge in [-0.3, -0.25) is 4.90 Å². The molecule has 0 atom stereocenters. The van der Waals surface area contributed by atoms with E-state index in [1.807, 2.05) is 0 Å². The summed E-state index contributed by atoms with van der Waals surface area (Å²) in [5.41, 5.74) is 0. The van der Waals surface area contributed by atoms with Gasteiger partial charge in [0.05, 0.1) is 12.7 Å². The summed E-state index contributed by atoms with van der Waals surface area (Å²) in [7, 11) is 4.26. The molecule has 0 unspecified atom stereocenters. The third-order valence-electron chi connectivity index (χ3n) is 3.64. The van der Waals surface area contributed by atoms with Crippen LogP contribution in [0, 0.1) is 0 Å². The van der Waals surface area contributed by atoms with E-state index in [1.54, 1.807) is 17.5 Å². The standard InChI is InChI=1S/C12H20ClN3S/c1-14-9-3-5-10(6-4-9)16(2)8-12-15-7-11(13)17-12/h7,9-10,14H,3-6,8H2,1-2H3. The van der Waals surface area contributed by atoms with E-state index in [2.05, 4.69) is 29.3 Å². The van der Waals surface area contributed by atoms with Crippen LogP contribution in [0.1, 0.15) is 30.7 Å². The highest BCUT2D eigenvalue weighted by Gasteiger charge is 2.23. The molecule has 0 aromatic carbocycles. The number of hydrogen-bond acceptors (Lipinski definition) is 4. The predicted octanol–water partition coefficient (Wildman–Crippen LogP) is 2.76. The number of nitrogens with zero attached hydrogens (tertiary/aromatic N) is 2. The van der Waals surface area contributed by atoms with E-state index in [0.717, 1.165) is 15.9 Å². The molecule has 5 heteroatoms. The molecule has 96 valence electrons. The second-order valence-electron chi connectivity index (χ2n) is 4.77. The lowest BCUT2D eigenvalue weighted by Crippen LogP contribution is -2.39. The van der Waals surface area contributed by atoms with Crippen molar-refractivity contribution >= 4 is 22.9 Å². The Morgan fingerprint density at radius 2 is 2.18 bits per heavy atom. The van der Waals surface area contributed by atoms with Crippen LogP contribution in [-0.4, -0.2) is 36.1 Å². The van der Waals surface area contributed by atoms with Crippen molar-refractivity contribution < 1.29 is 0 Å². The summed E-state index contributed by atoms with van der Waals surface area (Å²) in [5.74, 6) is 0. The molecule has 0 bridgehead atoms. The van der Waals surface area contributed by atoms with Gasteiger partial charge >= 0.3 is 0 Å². The molecule has 1 fully saturated rings. The van der Waals surface area contributed by atoms with Crippen LogP contribution in [-0.2, 0) is 6.54 Å². The summed E-state index contributed by atoms with van der Waals surface area (Å²) in [4.78, 5) is 6.73. The number of hydrogen-bond donors (Lipinski definition) is 1. The van der Waals surface area contributed by atoms with E-state index >= 15 is 0 Å². The van der Waals surface area contributed by atoms with Gasteiger partial charge in [0.1, 0.15) is 9.34 Å². The first-order chi connectivity index (χ1) is 8.19. The lowest BCUT2D eigenvalue weighted by molar-refractivity contribution is 0.170. The van der Waals surface area contributed by atoms with Crippen LogP contribution in [0.15, 0.2) is 6.20 Å². The zero-order chi connectivity index (χ0) is 12.3. The maximum Gasteiger partial charge on any atom is 0.113 e. The quantitative estimate of drug-likeness (QED) is 0.914. The molecule has 0 radical (unpaired) electrons. The fraction of sp³-hybridized carbons (Fsp3) is 0.750. The molecule has 1 saturated carbocycles. The topological polar surface area (TPSA) is 28.2 Å². The van der Waals surface area contributed by atoms with Crippen molar-refractivity contribution in [2.75, 3.05) is 14.1 Å². The SMILES string of the molecule is CNC1CCC(N(C)Cc2ncc(Cl)s2)CC1. The van der Waals surface area contributed by atoms with Gasteiger partial charge in [-0.1, -0.05) is 11.6 Å². The van der Waals surface area contributed by atoms with Gasteiger partial charge in [0, 0.05) is 12.1 Å². The minimum absolute atomic E-state index is 0.697. The molecule has 1 aliphatic rings. The summed E-state index contributed by atoms with van der Waals surface area (Å²) >= 11 is 7.48. The fourth-order valence-corrected chi connectivity index (χ4v) is 3.53. The van der Waals surface area contributed by atoms with Crippen molar-refractivity contribution in [2.45, 2.75) is 44.3 Å². The Hall–Kier alpha value is -0.160. The normalized spacial score (nSPS) is 25.4. The lowest BCUT2D eigenvalue weighted by atomic mass is 9.90. The number of thiazole rings is 1. The van der Waals surface area contributed by atoms with Crippen molar-refractivity contribution in [2.24, 2.45) is 0 Å². The summed E-state index contributed by atoms with van der Waals surface area (Å²) in [6.07, 6.45) is 6.86. The maximum absolute atomic E-state index is 5.90. The average molecular weight is 274 g/mol. The average Bonchev–Trinajstić information content (AvgIpc) is 2.75. The Kier molecular flexibility index (Phi) is 4.79. The molecule has 1 heterocycles. The van der Waals surface area contributed by atoms with Crippen molar-refractivity contribution in [1.29, 1.82) is 0 Å². The number of nitrogens with one attached hydrogen (secondary N) is 1. The molecule has 2 rings (SSSR count). The third kappa shape index (κ3) is 3.65. The second-order valence-corrected chi connectivity index (χ2v) is 6.51. The first kappa shape index (κ1) is 13.3. The van der Waals surface area contributed by atoms with Crippen LogP contribution < -0.4 is 5.32 Å². The molecule has 0 amide bonds. The van der Waals surface area contributed by atoms with Crippen LogP contribution in [0.3, 0.4) is 0 Å². The summed E-state index contributed by atoms with van der Waals surface area (Å²) in [6, 6.07) is 1.41. The maximum atomic E-state index is 5.90. The third-order valence-corrected chi connectivity index (χ3v) is 4.74. The van der Waals surface area contributed by atoms with Gasteiger partial charge in [-0.15, -0.1) is 11.3 Å². The van der Waals surface area contributed by atoms with Crippen molar-refractivity contribution in [1.82, 2.24) is 15.2 Å². The molecule has 17 heavy (non-hydrogen) atoms. The van der Waals surface area contributed by atoms with Crippen molar-refractivity contribution in [3.63, 3.8) is 0 Å². The highest BCUT2D eigenvalue weighted by molar-refractivity contribution is 7.15. The van der Waals surface area contributed by atoms with Crippen LogP contribution in [0.5, 0.6) is 0 Å². The van der Waals surface area contributed by atoms with Gasteiger partial charge in [-0.25, -0.2) is 4.98 Å². The monoisotopic (exact) mass is 273 g/mol. The van der Waals surface area contributed by atoms with E-state index in [1.165, 1.54) is 25.7 Å². The van der Waals surface area contributed by atoms with E-state index < -0.39 is 0 Å². The Morgan fingerprint density at radius 1 is 1.47 bits per heavy atom. The minimum Gasteiger partial charge on any atom is -0.317 e. The molecular weight excluding hydrogens is 254 g/mol. The lowest BCUT2D eigenvalue weighted by Gasteiger charge is -2.34. The largest absolute Gasteiger partial charge is 0.317 e. The molecule has 0 spiro atoms. The van der Waals surface area contributed by atoms with Gasteiger partial charge in [-0.05, 0) is 39.8 Å². The molecule has 1 aromatic rings. The number of halogens is 1. The summed E-state index contributed by atoms with van der Waals surface area (Å²) in [6.45, 7) is 0.923. The molecule has 0 aliphatic heterocycles. The number of rotatable bonds is 4. The summed E-state index contributed by atoms with van der Waals surface area (Å²) in [5, 5.41) is 4.49. The van der Waals surface area contributed by atoms with E-state index in [4.69, 9.17) is 11.6 Å². The van der Waals surface area contributed by atoms with Crippen LogP contribution >= 0.6 is 22.9 Å². The summed E-state index contributed by atoms with van der Waals surface area (Å²) < 4.78 is 0.785. The minimum atomic E-state index is 0.697. The second kappa shape index (κ2) is 6.14. The highest BCUT2D eigenvalue weighted by Crippen LogP contribution is 2.25. The molecule has 1 N–H and O–H groups in total. The smallest absolute Gasteiger partial charge is 0.113 e.